The third kappa shape index (κ3) is 4.84. The van der Waals surface area contributed by atoms with Crippen LogP contribution >= 0.6 is 0 Å². The van der Waals surface area contributed by atoms with Gasteiger partial charge in [-0.05, 0) is 46.5 Å². The van der Waals surface area contributed by atoms with Crippen molar-refractivity contribution < 1.29 is 9.53 Å². The fourth-order valence-electron chi connectivity index (χ4n) is 1.92. The third-order valence-electron chi connectivity index (χ3n) is 2.82. The van der Waals surface area contributed by atoms with E-state index in [1.54, 1.807) is 0 Å². The summed E-state index contributed by atoms with van der Waals surface area (Å²) in [5, 5.41) is 5.91. The molecular weight excluding hydrogens is 204 g/mol. The van der Waals surface area contributed by atoms with E-state index in [4.69, 9.17) is 4.74 Å². The topological polar surface area (TPSA) is 50.4 Å². The summed E-state index contributed by atoms with van der Waals surface area (Å²) in [5.74, 6) is 0.541. The minimum absolute atomic E-state index is 0.0773. The maximum atomic E-state index is 11.7. The Morgan fingerprint density at radius 2 is 1.88 bits per heavy atom. The van der Waals surface area contributed by atoms with Crippen molar-refractivity contribution in [3.63, 3.8) is 0 Å². The van der Waals surface area contributed by atoms with E-state index >= 15 is 0 Å². The first-order chi connectivity index (χ1) is 7.38. The van der Waals surface area contributed by atoms with E-state index in [0.29, 0.717) is 5.92 Å². The Labute approximate surface area is 98.1 Å². The summed E-state index contributed by atoms with van der Waals surface area (Å²) in [5.41, 5.74) is -0.181. The van der Waals surface area contributed by atoms with Crippen LogP contribution in [0.3, 0.4) is 0 Å². The number of carbonyl (C=O) groups excluding carboxylic acids is 1. The Morgan fingerprint density at radius 3 is 2.38 bits per heavy atom. The molecule has 0 aliphatic carbocycles. The van der Waals surface area contributed by atoms with Gasteiger partial charge in [-0.15, -0.1) is 0 Å². The van der Waals surface area contributed by atoms with Crippen LogP contribution < -0.4 is 10.6 Å². The van der Waals surface area contributed by atoms with Crippen LogP contribution in [0.2, 0.25) is 0 Å². The van der Waals surface area contributed by atoms with Crippen LogP contribution in [-0.4, -0.2) is 30.8 Å². The molecule has 0 bridgehead atoms. The average Bonchev–Trinajstić information content (AvgIpc) is 2.16. The number of ether oxygens (including phenoxy) is 1. The molecule has 2 N–H and O–H groups in total. The summed E-state index contributed by atoms with van der Waals surface area (Å²) in [4.78, 5) is 11.7. The van der Waals surface area contributed by atoms with Crippen molar-refractivity contribution in [3.8, 4) is 0 Å². The van der Waals surface area contributed by atoms with Crippen LogP contribution in [-0.2, 0) is 4.74 Å². The van der Waals surface area contributed by atoms with Crippen molar-refractivity contribution in [3.05, 3.63) is 0 Å². The van der Waals surface area contributed by atoms with Crippen molar-refractivity contribution in [2.45, 2.75) is 52.1 Å². The molecule has 1 rings (SSSR count). The Hall–Kier alpha value is -0.770. The van der Waals surface area contributed by atoms with Gasteiger partial charge in [-0.3, -0.25) is 0 Å². The highest BCUT2D eigenvalue weighted by Crippen LogP contribution is 2.18. The standard InChI is InChI=1S/C12H24N2O2/c1-9(10-5-7-16-8-6-10)13-11(15)14-12(2,3)4/h9-10H,5-8H2,1-4H3,(H2,13,14,15). The number of rotatable bonds is 2. The van der Waals surface area contributed by atoms with E-state index in [2.05, 4.69) is 17.6 Å². The van der Waals surface area contributed by atoms with E-state index in [0.717, 1.165) is 26.1 Å². The van der Waals surface area contributed by atoms with Gasteiger partial charge in [0.05, 0.1) is 0 Å². The fraction of sp³-hybridized carbons (Fsp3) is 0.917. The van der Waals surface area contributed by atoms with E-state index < -0.39 is 0 Å². The van der Waals surface area contributed by atoms with Crippen molar-refractivity contribution in [2.24, 2.45) is 5.92 Å². The highest BCUT2D eigenvalue weighted by Gasteiger charge is 2.23. The molecule has 1 fully saturated rings. The SMILES string of the molecule is CC(NC(=O)NC(C)(C)C)C1CCOCC1. The second kappa shape index (κ2) is 5.53. The molecule has 4 heteroatoms. The molecule has 1 unspecified atom stereocenters. The van der Waals surface area contributed by atoms with Crippen molar-refractivity contribution in [2.75, 3.05) is 13.2 Å². The van der Waals surface area contributed by atoms with Gasteiger partial charge in [0.1, 0.15) is 0 Å². The predicted octanol–water partition coefficient (Wildman–Crippen LogP) is 1.90. The first-order valence-electron chi connectivity index (χ1n) is 6.05. The molecule has 1 heterocycles. The van der Waals surface area contributed by atoms with Crippen LogP contribution in [0.1, 0.15) is 40.5 Å². The molecule has 16 heavy (non-hydrogen) atoms. The lowest BCUT2D eigenvalue weighted by Crippen LogP contribution is -2.51. The average molecular weight is 228 g/mol. The van der Waals surface area contributed by atoms with Crippen LogP contribution in [0.4, 0.5) is 4.79 Å². The van der Waals surface area contributed by atoms with E-state index in [9.17, 15) is 4.79 Å². The van der Waals surface area contributed by atoms with E-state index in [1.165, 1.54) is 0 Å². The zero-order chi connectivity index (χ0) is 12.2. The largest absolute Gasteiger partial charge is 0.381 e. The molecule has 4 nitrogen and oxygen atoms in total. The molecule has 0 aromatic rings. The molecule has 94 valence electrons. The van der Waals surface area contributed by atoms with Gasteiger partial charge >= 0.3 is 6.03 Å². The number of amides is 2. The first kappa shape index (κ1) is 13.3. The quantitative estimate of drug-likeness (QED) is 0.758. The van der Waals surface area contributed by atoms with Crippen LogP contribution in [0.15, 0.2) is 0 Å². The summed E-state index contributed by atoms with van der Waals surface area (Å²) in [6.45, 7) is 9.64. The molecule has 0 radical (unpaired) electrons. The van der Waals surface area contributed by atoms with Gasteiger partial charge in [-0.25, -0.2) is 4.79 Å². The summed E-state index contributed by atoms with van der Waals surface area (Å²) < 4.78 is 5.31. The van der Waals surface area contributed by atoms with Gasteiger partial charge in [-0.2, -0.15) is 0 Å². The molecule has 0 saturated carbocycles. The smallest absolute Gasteiger partial charge is 0.315 e. The summed E-state index contributed by atoms with van der Waals surface area (Å²) in [6, 6.07) is 0.137. The predicted molar refractivity (Wildman–Crippen MR) is 64.4 cm³/mol. The fourth-order valence-corrected chi connectivity index (χ4v) is 1.92. The zero-order valence-corrected chi connectivity index (χ0v) is 10.8. The molecule has 1 aliphatic heterocycles. The van der Waals surface area contributed by atoms with Crippen LogP contribution in [0.25, 0.3) is 0 Å². The molecular formula is C12H24N2O2. The molecule has 1 aliphatic rings. The molecule has 0 aromatic carbocycles. The van der Waals surface area contributed by atoms with Gasteiger partial charge in [0.15, 0.2) is 0 Å². The Morgan fingerprint density at radius 1 is 1.31 bits per heavy atom. The van der Waals surface area contributed by atoms with Gasteiger partial charge in [-0.1, -0.05) is 0 Å². The normalized spacial score (nSPS) is 20.2. The second-order valence-corrected chi connectivity index (χ2v) is 5.59. The van der Waals surface area contributed by atoms with Gasteiger partial charge in [0.25, 0.3) is 0 Å². The number of nitrogens with one attached hydrogen (secondary N) is 2. The van der Waals surface area contributed by atoms with Crippen LogP contribution in [0.5, 0.6) is 0 Å². The monoisotopic (exact) mass is 228 g/mol. The maximum Gasteiger partial charge on any atom is 0.315 e. The number of hydrogen-bond donors (Lipinski definition) is 2. The third-order valence-corrected chi connectivity index (χ3v) is 2.82. The molecule has 2 amide bonds. The lowest BCUT2D eigenvalue weighted by molar-refractivity contribution is 0.0569. The second-order valence-electron chi connectivity index (χ2n) is 5.59. The number of hydrogen-bond acceptors (Lipinski definition) is 2. The summed E-state index contributed by atoms with van der Waals surface area (Å²) in [7, 11) is 0. The summed E-state index contributed by atoms with van der Waals surface area (Å²) >= 11 is 0. The number of urea groups is 1. The lowest BCUT2D eigenvalue weighted by atomic mass is 9.93. The van der Waals surface area contributed by atoms with E-state index in [-0.39, 0.29) is 17.6 Å². The lowest BCUT2D eigenvalue weighted by Gasteiger charge is -2.30. The molecule has 1 saturated heterocycles. The zero-order valence-electron chi connectivity index (χ0n) is 10.8. The Balaban J connectivity index is 2.32. The van der Waals surface area contributed by atoms with Gasteiger partial charge < -0.3 is 15.4 Å². The van der Waals surface area contributed by atoms with E-state index in [1.807, 2.05) is 20.8 Å². The molecule has 0 spiro atoms. The Bertz CT molecular complexity index is 230. The summed E-state index contributed by atoms with van der Waals surface area (Å²) in [6.07, 6.45) is 2.08. The minimum atomic E-state index is -0.181. The first-order valence-corrected chi connectivity index (χ1v) is 6.05. The Kier molecular flexibility index (Phi) is 4.59. The highest BCUT2D eigenvalue weighted by atomic mass is 16.5. The van der Waals surface area contributed by atoms with Crippen molar-refractivity contribution >= 4 is 6.03 Å². The molecule has 0 aromatic heterocycles. The maximum absolute atomic E-state index is 11.7. The molecule has 1 atom stereocenters. The highest BCUT2D eigenvalue weighted by molar-refractivity contribution is 5.74. The minimum Gasteiger partial charge on any atom is -0.381 e. The number of carbonyl (C=O) groups is 1. The van der Waals surface area contributed by atoms with Crippen LogP contribution in [0, 0.1) is 5.92 Å². The van der Waals surface area contributed by atoms with Crippen molar-refractivity contribution in [1.82, 2.24) is 10.6 Å². The van der Waals surface area contributed by atoms with Gasteiger partial charge in [0, 0.05) is 24.8 Å². The van der Waals surface area contributed by atoms with Crippen molar-refractivity contribution in [1.29, 1.82) is 0 Å². The van der Waals surface area contributed by atoms with Gasteiger partial charge in [0.2, 0.25) is 0 Å².